The zero-order valence-electron chi connectivity index (χ0n) is 15.3. The largest absolute Gasteiger partial charge is 0.317 e. The molecule has 0 aromatic carbocycles. The molecule has 1 saturated heterocycles. The van der Waals surface area contributed by atoms with Crippen LogP contribution in [0.25, 0.3) is 0 Å². The van der Waals surface area contributed by atoms with E-state index < -0.39 is 0 Å². The fourth-order valence-corrected chi connectivity index (χ4v) is 4.65. The zero-order chi connectivity index (χ0) is 16.3. The highest BCUT2D eigenvalue weighted by atomic mass is 32.1. The molecule has 132 valence electrons. The summed E-state index contributed by atoms with van der Waals surface area (Å²) < 4.78 is 0. The van der Waals surface area contributed by atoms with Crippen molar-refractivity contribution in [3.63, 3.8) is 0 Å². The second kappa shape index (κ2) is 11.2. The molecule has 1 aromatic rings. The Kier molecular flexibility index (Phi) is 9.25. The van der Waals surface area contributed by atoms with Crippen molar-refractivity contribution in [2.45, 2.75) is 64.2 Å². The Morgan fingerprint density at radius 2 is 1.61 bits per heavy atom. The summed E-state index contributed by atoms with van der Waals surface area (Å²) >= 11 is 2.08. The molecule has 23 heavy (non-hydrogen) atoms. The normalized spacial score (nSPS) is 16.3. The monoisotopic (exact) mass is 336 g/mol. The lowest BCUT2D eigenvalue weighted by atomic mass is 9.94. The summed E-state index contributed by atoms with van der Waals surface area (Å²) in [7, 11) is 4.33. The average molecular weight is 337 g/mol. The van der Waals surface area contributed by atoms with E-state index in [-0.39, 0.29) is 0 Å². The van der Waals surface area contributed by atoms with Crippen LogP contribution in [0.1, 0.15) is 61.1 Å². The fraction of sp³-hybridized carbons (Fsp3) is 0.800. The second-order valence-electron chi connectivity index (χ2n) is 7.44. The van der Waals surface area contributed by atoms with Crippen LogP contribution in [0.5, 0.6) is 0 Å². The first-order valence-electron chi connectivity index (χ1n) is 9.67. The van der Waals surface area contributed by atoms with E-state index in [2.05, 4.69) is 47.8 Å². The first-order chi connectivity index (χ1) is 11.2. The molecule has 0 amide bonds. The molecule has 1 aromatic heterocycles. The quantitative estimate of drug-likeness (QED) is 0.587. The highest BCUT2D eigenvalue weighted by Gasteiger charge is 2.14. The molecular weight excluding hydrogens is 300 g/mol. The number of rotatable bonds is 11. The number of nitrogens with one attached hydrogen (secondary N) is 1. The van der Waals surface area contributed by atoms with Crippen LogP contribution in [0.4, 0.5) is 0 Å². The van der Waals surface area contributed by atoms with Gasteiger partial charge in [0.25, 0.3) is 0 Å². The van der Waals surface area contributed by atoms with Crippen LogP contribution in [0.3, 0.4) is 0 Å². The fourth-order valence-electron chi connectivity index (χ4n) is 3.47. The predicted octanol–water partition coefficient (Wildman–Crippen LogP) is 4.73. The lowest BCUT2D eigenvalue weighted by molar-refractivity contribution is 0.374. The maximum absolute atomic E-state index is 3.46. The van der Waals surface area contributed by atoms with E-state index in [4.69, 9.17) is 0 Å². The summed E-state index contributed by atoms with van der Waals surface area (Å²) in [6.45, 7) is 3.68. The van der Waals surface area contributed by atoms with E-state index in [1.165, 1.54) is 83.8 Å². The maximum Gasteiger partial charge on any atom is 0.00509 e. The average Bonchev–Trinajstić information content (AvgIpc) is 2.98. The smallest absolute Gasteiger partial charge is 0.00509 e. The van der Waals surface area contributed by atoms with Gasteiger partial charge in [-0.2, -0.15) is 0 Å². The summed E-state index contributed by atoms with van der Waals surface area (Å²) in [6, 6.07) is 4.78. The molecule has 0 aliphatic carbocycles. The number of aryl methyl sites for hydroxylation is 1. The number of unbranched alkanes of at least 4 members (excludes halogenated alkanes) is 5. The molecule has 2 nitrogen and oxygen atoms in total. The van der Waals surface area contributed by atoms with Crippen LogP contribution in [-0.4, -0.2) is 38.6 Å². The first-order valence-corrected chi connectivity index (χ1v) is 10.5. The number of hydrogen-bond acceptors (Lipinski definition) is 3. The van der Waals surface area contributed by atoms with Crippen molar-refractivity contribution in [3.05, 3.63) is 21.9 Å². The van der Waals surface area contributed by atoms with Gasteiger partial charge in [-0.25, -0.2) is 0 Å². The lowest BCUT2D eigenvalue weighted by Gasteiger charge is -2.21. The molecule has 0 radical (unpaired) electrons. The molecule has 2 heterocycles. The highest BCUT2D eigenvalue weighted by molar-refractivity contribution is 7.11. The molecule has 3 heteroatoms. The minimum atomic E-state index is 0.921. The van der Waals surface area contributed by atoms with Gasteiger partial charge in [0.2, 0.25) is 0 Å². The maximum atomic E-state index is 3.46. The molecule has 0 saturated carbocycles. The summed E-state index contributed by atoms with van der Waals surface area (Å²) in [5, 5.41) is 3.46. The summed E-state index contributed by atoms with van der Waals surface area (Å²) in [5.74, 6) is 0.921. The van der Waals surface area contributed by atoms with Crippen molar-refractivity contribution < 1.29 is 0 Å². The Morgan fingerprint density at radius 3 is 2.35 bits per heavy atom. The lowest BCUT2D eigenvalue weighted by Crippen LogP contribution is -2.28. The van der Waals surface area contributed by atoms with E-state index in [0.717, 1.165) is 5.92 Å². The van der Waals surface area contributed by atoms with Gasteiger partial charge in [-0.15, -0.1) is 11.3 Å². The van der Waals surface area contributed by atoms with Gasteiger partial charge in [0.1, 0.15) is 0 Å². The van der Waals surface area contributed by atoms with Crippen LogP contribution >= 0.6 is 11.3 Å². The van der Waals surface area contributed by atoms with E-state index in [1.54, 1.807) is 9.75 Å². The van der Waals surface area contributed by atoms with Crippen LogP contribution in [0, 0.1) is 5.92 Å². The molecule has 2 rings (SSSR count). The van der Waals surface area contributed by atoms with Gasteiger partial charge in [-0.1, -0.05) is 25.7 Å². The summed E-state index contributed by atoms with van der Waals surface area (Å²) in [6.07, 6.45) is 13.7. The van der Waals surface area contributed by atoms with Crippen LogP contribution in [0.15, 0.2) is 12.1 Å². The standard InChI is InChI=1S/C20H36N2S/c1-22(2)16-8-6-4-3-5-7-9-19-10-11-20(23-19)17-18-12-14-21-15-13-18/h10-11,18,21H,3-9,12-17H2,1-2H3. The molecule has 1 aliphatic rings. The third kappa shape index (κ3) is 8.32. The van der Waals surface area contributed by atoms with E-state index >= 15 is 0 Å². The van der Waals surface area contributed by atoms with Crippen molar-refractivity contribution in [2.75, 3.05) is 33.7 Å². The SMILES string of the molecule is CN(C)CCCCCCCCc1ccc(CC2CCNCC2)s1. The molecule has 1 N–H and O–H groups in total. The molecule has 0 atom stereocenters. The van der Waals surface area contributed by atoms with Gasteiger partial charge in [0, 0.05) is 9.75 Å². The number of piperidine rings is 1. The van der Waals surface area contributed by atoms with Gasteiger partial charge >= 0.3 is 0 Å². The Bertz CT molecular complexity index is 408. The number of hydrogen-bond donors (Lipinski definition) is 1. The van der Waals surface area contributed by atoms with Gasteiger partial charge < -0.3 is 10.2 Å². The van der Waals surface area contributed by atoms with Crippen molar-refractivity contribution in [3.8, 4) is 0 Å². The minimum absolute atomic E-state index is 0.921. The van der Waals surface area contributed by atoms with Gasteiger partial charge in [0.15, 0.2) is 0 Å². The van der Waals surface area contributed by atoms with Gasteiger partial charge in [-0.3, -0.25) is 0 Å². The minimum Gasteiger partial charge on any atom is -0.317 e. The van der Waals surface area contributed by atoms with Gasteiger partial charge in [0.05, 0.1) is 0 Å². The Balaban J connectivity index is 1.51. The molecule has 0 bridgehead atoms. The predicted molar refractivity (Wildman–Crippen MR) is 104 cm³/mol. The molecule has 1 fully saturated rings. The van der Waals surface area contributed by atoms with Crippen molar-refractivity contribution >= 4 is 11.3 Å². The van der Waals surface area contributed by atoms with Gasteiger partial charge in [-0.05, 0) is 90.3 Å². The van der Waals surface area contributed by atoms with Crippen molar-refractivity contribution in [1.82, 2.24) is 10.2 Å². The molecule has 0 unspecified atom stereocenters. The second-order valence-corrected chi connectivity index (χ2v) is 8.69. The third-order valence-corrected chi connectivity index (χ3v) is 6.11. The molecule has 0 spiro atoms. The number of nitrogens with zero attached hydrogens (tertiary/aromatic N) is 1. The van der Waals surface area contributed by atoms with Crippen molar-refractivity contribution in [1.29, 1.82) is 0 Å². The topological polar surface area (TPSA) is 15.3 Å². The summed E-state index contributed by atoms with van der Waals surface area (Å²) in [5.41, 5.74) is 0. The Hall–Kier alpha value is -0.380. The zero-order valence-corrected chi connectivity index (χ0v) is 16.1. The Labute approximate surface area is 147 Å². The summed E-state index contributed by atoms with van der Waals surface area (Å²) in [4.78, 5) is 5.52. The first kappa shape index (κ1) is 19.0. The van der Waals surface area contributed by atoms with E-state index in [1.807, 2.05) is 0 Å². The number of thiophene rings is 1. The van der Waals surface area contributed by atoms with E-state index in [9.17, 15) is 0 Å². The third-order valence-electron chi connectivity index (χ3n) is 4.94. The Morgan fingerprint density at radius 1 is 0.957 bits per heavy atom. The van der Waals surface area contributed by atoms with Crippen LogP contribution < -0.4 is 5.32 Å². The molecular formula is C20H36N2S. The van der Waals surface area contributed by atoms with Crippen molar-refractivity contribution in [2.24, 2.45) is 5.92 Å². The molecule has 1 aliphatic heterocycles. The van der Waals surface area contributed by atoms with E-state index in [0.29, 0.717) is 0 Å². The van der Waals surface area contributed by atoms with Crippen LogP contribution in [-0.2, 0) is 12.8 Å². The highest BCUT2D eigenvalue weighted by Crippen LogP contribution is 2.25. The van der Waals surface area contributed by atoms with Crippen LogP contribution in [0.2, 0.25) is 0 Å².